The van der Waals surface area contributed by atoms with E-state index in [1.165, 1.54) is 11.3 Å². The summed E-state index contributed by atoms with van der Waals surface area (Å²) in [5.74, 6) is 0.325. The first kappa shape index (κ1) is 19.0. The molecule has 25 heavy (non-hydrogen) atoms. The van der Waals surface area contributed by atoms with E-state index in [0.29, 0.717) is 28.7 Å². The molecule has 5 nitrogen and oxygen atoms in total. The summed E-state index contributed by atoms with van der Waals surface area (Å²) in [5, 5.41) is 4.64. The molecule has 0 aliphatic carbocycles. The maximum Gasteiger partial charge on any atom is 0.349 e. The molecule has 6 heteroatoms. The highest BCUT2D eigenvalue weighted by Crippen LogP contribution is 2.23. The monoisotopic (exact) mass is 361 g/mol. The first-order valence-electron chi connectivity index (χ1n) is 8.17. The summed E-state index contributed by atoms with van der Waals surface area (Å²) in [4.78, 5) is 25.3. The Balaban J connectivity index is 2.14. The van der Waals surface area contributed by atoms with E-state index in [2.05, 4.69) is 19.2 Å². The molecule has 1 aromatic carbocycles. The summed E-state index contributed by atoms with van der Waals surface area (Å²) >= 11 is 1.28. The zero-order valence-electron chi connectivity index (χ0n) is 14.7. The van der Waals surface area contributed by atoms with Crippen molar-refractivity contribution >= 4 is 23.2 Å². The molecule has 1 atom stereocenters. The SMILES string of the molecule is COc1ccc(C(OC(=O)c2cccs2)C(=O)NCCC(C)C)cc1. The smallest absolute Gasteiger partial charge is 0.349 e. The van der Waals surface area contributed by atoms with Crippen LogP contribution in [0, 0.1) is 5.92 Å². The van der Waals surface area contributed by atoms with Crippen molar-refractivity contribution in [2.24, 2.45) is 5.92 Å². The molecule has 2 aromatic rings. The molecular weight excluding hydrogens is 338 g/mol. The second kappa shape index (κ2) is 9.22. The van der Waals surface area contributed by atoms with Crippen molar-refractivity contribution in [1.82, 2.24) is 5.32 Å². The van der Waals surface area contributed by atoms with Gasteiger partial charge in [-0.2, -0.15) is 0 Å². The Morgan fingerprint density at radius 1 is 1.16 bits per heavy atom. The summed E-state index contributed by atoms with van der Waals surface area (Å²) in [5.41, 5.74) is 0.604. The Labute approximate surface area is 152 Å². The van der Waals surface area contributed by atoms with Gasteiger partial charge < -0.3 is 14.8 Å². The van der Waals surface area contributed by atoms with Crippen molar-refractivity contribution in [2.75, 3.05) is 13.7 Å². The molecule has 0 saturated heterocycles. The Kier molecular flexibility index (Phi) is 7.01. The van der Waals surface area contributed by atoms with Crippen LogP contribution in [0.5, 0.6) is 5.75 Å². The van der Waals surface area contributed by atoms with Crippen molar-refractivity contribution < 1.29 is 19.1 Å². The van der Waals surface area contributed by atoms with E-state index in [-0.39, 0.29) is 5.91 Å². The van der Waals surface area contributed by atoms with Crippen LogP contribution in [0.15, 0.2) is 41.8 Å². The van der Waals surface area contributed by atoms with Crippen LogP contribution in [0.1, 0.15) is 41.6 Å². The number of esters is 1. The van der Waals surface area contributed by atoms with Gasteiger partial charge in [0.25, 0.3) is 5.91 Å². The fraction of sp³-hybridized carbons (Fsp3) is 0.368. The molecule has 1 N–H and O–H groups in total. The normalized spacial score (nSPS) is 11.8. The molecule has 0 bridgehead atoms. The molecule has 2 rings (SSSR count). The number of rotatable bonds is 8. The van der Waals surface area contributed by atoms with Gasteiger partial charge in [0.1, 0.15) is 10.6 Å². The molecule has 0 aliphatic heterocycles. The van der Waals surface area contributed by atoms with Gasteiger partial charge in [-0.15, -0.1) is 11.3 Å². The van der Waals surface area contributed by atoms with E-state index in [0.717, 1.165) is 6.42 Å². The predicted octanol–water partition coefficient (Wildman–Crippen LogP) is 3.82. The van der Waals surface area contributed by atoms with E-state index >= 15 is 0 Å². The van der Waals surface area contributed by atoms with Gasteiger partial charge in [0.15, 0.2) is 0 Å². The Morgan fingerprint density at radius 2 is 1.88 bits per heavy atom. The van der Waals surface area contributed by atoms with Crippen molar-refractivity contribution in [1.29, 1.82) is 0 Å². The highest BCUT2D eigenvalue weighted by molar-refractivity contribution is 7.11. The van der Waals surface area contributed by atoms with Crippen LogP contribution in [0.25, 0.3) is 0 Å². The average molecular weight is 361 g/mol. The third-order valence-corrected chi connectivity index (χ3v) is 4.47. The van der Waals surface area contributed by atoms with Gasteiger partial charge in [0, 0.05) is 12.1 Å². The fourth-order valence-corrected chi connectivity index (χ4v) is 2.79. The molecule has 0 spiro atoms. The first-order valence-corrected chi connectivity index (χ1v) is 9.05. The standard InChI is InChI=1S/C19H23NO4S/c1-13(2)10-11-20-18(21)17(14-6-8-15(23-3)9-7-14)24-19(22)16-5-4-12-25-16/h4-9,12-13,17H,10-11H2,1-3H3,(H,20,21). The molecule has 1 unspecified atom stereocenters. The fourth-order valence-electron chi connectivity index (χ4n) is 2.19. The van der Waals surface area contributed by atoms with Crippen LogP contribution in [-0.2, 0) is 9.53 Å². The van der Waals surface area contributed by atoms with Gasteiger partial charge in [0.2, 0.25) is 6.10 Å². The van der Waals surface area contributed by atoms with Gasteiger partial charge in [-0.3, -0.25) is 4.79 Å². The zero-order chi connectivity index (χ0) is 18.2. The molecule has 0 saturated carbocycles. The van der Waals surface area contributed by atoms with Gasteiger partial charge in [0.05, 0.1) is 7.11 Å². The number of ether oxygens (including phenoxy) is 2. The minimum Gasteiger partial charge on any atom is -0.497 e. The highest BCUT2D eigenvalue weighted by Gasteiger charge is 2.26. The number of methoxy groups -OCH3 is 1. The average Bonchev–Trinajstić information content (AvgIpc) is 3.14. The summed E-state index contributed by atoms with van der Waals surface area (Å²) < 4.78 is 10.6. The molecule has 1 heterocycles. The maximum absolute atomic E-state index is 12.6. The van der Waals surface area contributed by atoms with E-state index in [1.54, 1.807) is 48.9 Å². The van der Waals surface area contributed by atoms with Crippen molar-refractivity contribution in [3.8, 4) is 5.75 Å². The van der Waals surface area contributed by atoms with Gasteiger partial charge in [-0.25, -0.2) is 4.79 Å². The minimum atomic E-state index is -0.993. The van der Waals surface area contributed by atoms with Gasteiger partial charge in [-0.1, -0.05) is 32.0 Å². The topological polar surface area (TPSA) is 64.6 Å². The summed E-state index contributed by atoms with van der Waals surface area (Å²) in [6.45, 7) is 4.72. The second-order valence-electron chi connectivity index (χ2n) is 6.01. The lowest BCUT2D eigenvalue weighted by Gasteiger charge is -2.18. The first-order chi connectivity index (χ1) is 12.0. The van der Waals surface area contributed by atoms with Crippen LogP contribution in [0.2, 0.25) is 0 Å². The van der Waals surface area contributed by atoms with E-state index in [9.17, 15) is 9.59 Å². The third kappa shape index (κ3) is 5.60. The number of thiophene rings is 1. The number of carbonyl (C=O) groups excluding carboxylic acids is 2. The summed E-state index contributed by atoms with van der Waals surface area (Å²) in [7, 11) is 1.57. The number of carbonyl (C=O) groups is 2. The number of hydrogen-bond acceptors (Lipinski definition) is 5. The summed E-state index contributed by atoms with van der Waals surface area (Å²) in [6.07, 6.45) is -0.132. The van der Waals surface area contributed by atoms with Crippen molar-refractivity contribution in [3.05, 3.63) is 52.2 Å². The molecule has 0 aliphatic rings. The minimum absolute atomic E-state index is 0.323. The molecule has 0 radical (unpaired) electrons. The van der Waals surface area contributed by atoms with Crippen LogP contribution >= 0.6 is 11.3 Å². The van der Waals surface area contributed by atoms with Crippen LogP contribution in [0.4, 0.5) is 0 Å². The number of amides is 1. The van der Waals surface area contributed by atoms with E-state index in [4.69, 9.17) is 9.47 Å². The second-order valence-corrected chi connectivity index (χ2v) is 6.96. The number of nitrogens with one attached hydrogen (secondary N) is 1. The Morgan fingerprint density at radius 3 is 2.44 bits per heavy atom. The predicted molar refractivity (Wildman–Crippen MR) is 97.9 cm³/mol. The third-order valence-electron chi connectivity index (χ3n) is 3.62. The molecular formula is C19H23NO4S. The van der Waals surface area contributed by atoms with E-state index < -0.39 is 12.1 Å². The van der Waals surface area contributed by atoms with Crippen LogP contribution < -0.4 is 10.1 Å². The van der Waals surface area contributed by atoms with E-state index in [1.807, 2.05) is 0 Å². The van der Waals surface area contributed by atoms with Crippen molar-refractivity contribution in [3.63, 3.8) is 0 Å². The highest BCUT2D eigenvalue weighted by atomic mass is 32.1. The maximum atomic E-state index is 12.6. The van der Waals surface area contributed by atoms with Gasteiger partial charge in [-0.05, 0) is 35.9 Å². The lowest BCUT2D eigenvalue weighted by Crippen LogP contribution is -2.33. The lowest BCUT2D eigenvalue weighted by atomic mass is 10.1. The molecule has 1 aromatic heterocycles. The molecule has 1 amide bonds. The Bertz CT molecular complexity index is 680. The molecule has 0 fully saturated rings. The van der Waals surface area contributed by atoms with Crippen LogP contribution in [-0.4, -0.2) is 25.5 Å². The quantitative estimate of drug-likeness (QED) is 0.726. The lowest BCUT2D eigenvalue weighted by molar-refractivity contribution is -0.130. The van der Waals surface area contributed by atoms with Gasteiger partial charge >= 0.3 is 5.97 Å². The molecule has 134 valence electrons. The number of benzene rings is 1. The van der Waals surface area contributed by atoms with Crippen LogP contribution in [0.3, 0.4) is 0 Å². The zero-order valence-corrected chi connectivity index (χ0v) is 15.5. The summed E-state index contributed by atoms with van der Waals surface area (Å²) in [6, 6.07) is 10.4. The van der Waals surface area contributed by atoms with Crippen molar-refractivity contribution in [2.45, 2.75) is 26.4 Å². The Hall–Kier alpha value is -2.34. The number of hydrogen-bond donors (Lipinski definition) is 1. The largest absolute Gasteiger partial charge is 0.497 e.